The molecule has 3 N–H and O–H groups in total. The first-order chi connectivity index (χ1) is 17.3. The predicted octanol–water partition coefficient (Wildman–Crippen LogP) is 3.51. The minimum atomic E-state index is -1.04. The van der Waals surface area contributed by atoms with Gasteiger partial charge in [0.2, 0.25) is 17.7 Å². The summed E-state index contributed by atoms with van der Waals surface area (Å²) in [4.78, 5) is 42.9. The first-order valence-electron chi connectivity index (χ1n) is 13.3. The van der Waals surface area contributed by atoms with Gasteiger partial charge in [-0.05, 0) is 50.7 Å². The number of aliphatic hydroxyl groups is 1. The molecule has 1 aromatic rings. The summed E-state index contributed by atoms with van der Waals surface area (Å²) in [6.45, 7) is 5.05. The number of hydrogen-bond acceptors (Lipinski definition) is 5. The van der Waals surface area contributed by atoms with Crippen molar-refractivity contribution in [1.29, 1.82) is 0 Å². The summed E-state index contributed by atoms with van der Waals surface area (Å²) >= 11 is 6.32. The smallest absolute Gasteiger partial charge is 0.250 e. The Morgan fingerprint density at radius 2 is 1.89 bits per heavy atom. The number of hydrogen-bond donors (Lipinski definition) is 3. The maximum Gasteiger partial charge on any atom is 0.250 e. The molecule has 0 radical (unpaired) electrons. The number of unbranched alkanes of at least 4 members (excludes halogenated alkanes) is 3. The first kappa shape index (κ1) is 26.9. The van der Waals surface area contributed by atoms with E-state index in [1.54, 1.807) is 29.2 Å². The molecule has 2 bridgehead atoms. The fourth-order valence-corrected chi connectivity index (χ4v) is 6.71. The molecule has 4 rings (SSSR count). The summed E-state index contributed by atoms with van der Waals surface area (Å²) in [7, 11) is 0. The van der Waals surface area contributed by atoms with Crippen LogP contribution in [0.3, 0.4) is 0 Å². The Kier molecular flexibility index (Phi) is 8.27. The standard InChI is InChI=1S/C27H38ClN3O5/c1-3-15-29-23(33)20-21-25(35)31(16-9-5-6-10-17-32)22(27(21)14-13-26(20,4-2)36-27)24(34)30-19-12-8-7-11-18(19)28/h7-8,11-12,20-22,32H,3-6,9-10,13-17H2,1-2H3,(H,29,33)(H,30,34)/t20-,21-,22?,26+,27?/m0/s1. The molecule has 3 fully saturated rings. The summed E-state index contributed by atoms with van der Waals surface area (Å²) in [5, 5.41) is 15.4. The number of amides is 3. The zero-order chi connectivity index (χ0) is 25.9. The van der Waals surface area contributed by atoms with Crippen LogP contribution in [0, 0.1) is 11.8 Å². The van der Waals surface area contributed by atoms with Crippen molar-refractivity contribution < 1.29 is 24.2 Å². The molecule has 1 aromatic carbocycles. The molecule has 9 heteroatoms. The molecule has 3 amide bonds. The number of carbonyl (C=O) groups excluding carboxylic acids is 3. The summed E-state index contributed by atoms with van der Waals surface area (Å²) in [5.74, 6) is -1.99. The molecule has 3 saturated heterocycles. The van der Waals surface area contributed by atoms with Gasteiger partial charge in [0.1, 0.15) is 11.6 Å². The molecule has 2 unspecified atom stereocenters. The highest BCUT2D eigenvalue weighted by Crippen LogP contribution is 2.64. The molecule has 0 saturated carbocycles. The zero-order valence-corrected chi connectivity index (χ0v) is 22.0. The van der Waals surface area contributed by atoms with Gasteiger partial charge < -0.3 is 25.4 Å². The van der Waals surface area contributed by atoms with Crippen molar-refractivity contribution in [2.75, 3.05) is 25.0 Å². The Balaban J connectivity index is 1.67. The average molecular weight is 520 g/mol. The van der Waals surface area contributed by atoms with Crippen molar-refractivity contribution in [3.63, 3.8) is 0 Å². The van der Waals surface area contributed by atoms with E-state index >= 15 is 0 Å². The van der Waals surface area contributed by atoms with Gasteiger partial charge in [-0.15, -0.1) is 0 Å². The van der Waals surface area contributed by atoms with Crippen molar-refractivity contribution in [2.45, 2.75) is 82.5 Å². The van der Waals surface area contributed by atoms with E-state index in [2.05, 4.69) is 10.6 Å². The van der Waals surface area contributed by atoms with Gasteiger partial charge in [-0.3, -0.25) is 14.4 Å². The van der Waals surface area contributed by atoms with Gasteiger partial charge in [0.25, 0.3) is 0 Å². The van der Waals surface area contributed by atoms with E-state index in [0.29, 0.717) is 55.9 Å². The number of aliphatic hydroxyl groups excluding tert-OH is 1. The summed E-state index contributed by atoms with van der Waals surface area (Å²) in [6, 6.07) is 6.17. The number of nitrogens with one attached hydrogen (secondary N) is 2. The second-order valence-corrected chi connectivity index (χ2v) is 10.7. The van der Waals surface area contributed by atoms with Crippen LogP contribution in [0.1, 0.15) is 65.2 Å². The number of likely N-dealkylation sites (tertiary alicyclic amines) is 1. The van der Waals surface area contributed by atoms with Crippen molar-refractivity contribution in [2.24, 2.45) is 11.8 Å². The second-order valence-electron chi connectivity index (χ2n) is 10.3. The molecular formula is C27H38ClN3O5. The van der Waals surface area contributed by atoms with E-state index in [4.69, 9.17) is 21.4 Å². The lowest BCUT2D eigenvalue weighted by atomic mass is 9.65. The van der Waals surface area contributed by atoms with Crippen LogP contribution in [0.25, 0.3) is 0 Å². The maximum absolute atomic E-state index is 14.0. The van der Waals surface area contributed by atoms with Crippen LogP contribution in [0.4, 0.5) is 5.69 Å². The zero-order valence-electron chi connectivity index (χ0n) is 21.2. The van der Waals surface area contributed by atoms with E-state index in [1.165, 1.54) is 0 Å². The van der Waals surface area contributed by atoms with Crippen LogP contribution < -0.4 is 10.6 Å². The minimum Gasteiger partial charge on any atom is -0.396 e. The molecular weight excluding hydrogens is 482 g/mol. The third-order valence-corrected chi connectivity index (χ3v) is 8.53. The number of para-hydroxylation sites is 1. The van der Waals surface area contributed by atoms with Crippen LogP contribution in [0.15, 0.2) is 24.3 Å². The van der Waals surface area contributed by atoms with E-state index in [-0.39, 0.29) is 24.3 Å². The SMILES string of the molecule is CCCNC(=O)[C@@H]1[C@H]2C(=O)N(CCCCCCO)C(C(=O)Nc3ccccc3Cl)C23CC[C@@]1(CC)O3. The Labute approximate surface area is 218 Å². The monoisotopic (exact) mass is 519 g/mol. The Morgan fingerprint density at radius 1 is 1.14 bits per heavy atom. The number of fused-ring (bicyclic) bond motifs is 1. The van der Waals surface area contributed by atoms with Crippen molar-refractivity contribution in [1.82, 2.24) is 10.2 Å². The van der Waals surface area contributed by atoms with E-state index < -0.39 is 29.1 Å². The predicted molar refractivity (Wildman–Crippen MR) is 137 cm³/mol. The molecule has 0 aromatic heterocycles. The first-order valence-corrected chi connectivity index (χ1v) is 13.7. The Hall–Kier alpha value is -2.16. The number of rotatable bonds is 12. The average Bonchev–Trinajstić information content (AvgIpc) is 3.47. The third-order valence-electron chi connectivity index (χ3n) is 8.20. The third kappa shape index (κ3) is 4.52. The van der Waals surface area contributed by atoms with Crippen LogP contribution in [0.5, 0.6) is 0 Å². The lowest BCUT2D eigenvalue weighted by Crippen LogP contribution is -2.53. The van der Waals surface area contributed by atoms with Crippen molar-refractivity contribution in [3.05, 3.63) is 29.3 Å². The molecule has 3 heterocycles. The summed E-state index contributed by atoms with van der Waals surface area (Å²) < 4.78 is 6.73. The number of carbonyl (C=O) groups is 3. The largest absolute Gasteiger partial charge is 0.396 e. The Morgan fingerprint density at radius 3 is 2.58 bits per heavy atom. The van der Waals surface area contributed by atoms with Crippen molar-refractivity contribution >= 4 is 35.0 Å². The minimum absolute atomic E-state index is 0.137. The highest BCUT2D eigenvalue weighted by Gasteiger charge is 2.78. The van der Waals surface area contributed by atoms with E-state index in [1.807, 2.05) is 13.8 Å². The fourth-order valence-electron chi connectivity index (χ4n) is 6.53. The number of anilines is 1. The molecule has 8 nitrogen and oxygen atoms in total. The topological polar surface area (TPSA) is 108 Å². The lowest BCUT2D eigenvalue weighted by molar-refractivity contribution is -0.146. The van der Waals surface area contributed by atoms with Gasteiger partial charge in [-0.2, -0.15) is 0 Å². The highest BCUT2D eigenvalue weighted by molar-refractivity contribution is 6.33. The number of nitrogens with zero attached hydrogens (tertiary/aromatic N) is 1. The Bertz CT molecular complexity index is 990. The van der Waals surface area contributed by atoms with Gasteiger partial charge in [-0.1, -0.05) is 50.4 Å². The van der Waals surface area contributed by atoms with Gasteiger partial charge in [0, 0.05) is 19.7 Å². The summed E-state index contributed by atoms with van der Waals surface area (Å²) in [5.41, 5.74) is -1.30. The van der Waals surface area contributed by atoms with Crippen LogP contribution in [-0.4, -0.2) is 64.7 Å². The number of halogens is 1. The van der Waals surface area contributed by atoms with E-state index in [0.717, 1.165) is 19.3 Å². The molecule has 36 heavy (non-hydrogen) atoms. The van der Waals surface area contributed by atoms with Gasteiger partial charge in [-0.25, -0.2) is 0 Å². The van der Waals surface area contributed by atoms with Gasteiger partial charge in [0.15, 0.2) is 0 Å². The summed E-state index contributed by atoms with van der Waals surface area (Å²) in [6.07, 6.45) is 5.68. The second kappa shape index (κ2) is 11.1. The van der Waals surface area contributed by atoms with Crippen LogP contribution in [0.2, 0.25) is 5.02 Å². The molecule has 198 valence electrons. The molecule has 0 aliphatic carbocycles. The molecule has 3 aliphatic heterocycles. The van der Waals surface area contributed by atoms with Gasteiger partial charge >= 0.3 is 0 Å². The van der Waals surface area contributed by atoms with Crippen LogP contribution >= 0.6 is 11.6 Å². The van der Waals surface area contributed by atoms with Crippen LogP contribution in [-0.2, 0) is 19.1 Å². The number of ether oxygens (including phenoxy) is 1. The van der Waals surface area contributed by atoms with Crippen molar-refractivity contribution in [3.8, 4) is 0 Å². The number of benzene rings is 1. The van der Waals surface area contributed by atoms with E-state index in [9.17, 15) is 14.4 Å². The maximum atomic E-state index is 14.0. The van der Waals surface area contributed by atoms with Gasteiger partial charge in [0.05, 0.1) is 28.1 Å². The molecule has 3 aliphatic rings. The highest BCUT2D eigenvalue weighted by atomic mass is 35.5. The lowest BCUT2D eigenvalue weighted by Gasteiger charge is -2.34. The molecule has 1 spiro atoms. The molecule has 5 atom stereocenters. The quantitative estimate of drug-likeness (QED) is 0.366. The normalized spacial score (nSPS) is 30.5. The fraction of sp³-hybridized carbons (Fsp3) is 0.667.